The first kappa shape index (κ1) is 10.6. The zero-order chi connectivity index (χ0) is 11.5. The molecule has 2 amide bonds. The number of nitrogens with one attached hydrogen (secondary N) is 2. The van der Waals surface area contributed by atoms with Gasteiger partial charge in [0.2, 0.25) is 5.91 Å². The van der Waals surface area contributed by atoms with Gasteiger partial charge in [-0.15, -0.1) is 5.10 Å². The first-order valence-electron chi connectivity index (χ1n) is 5.12. The fourth-order valence-electron chi connectivity index (χ4n) is 1.59. The van der Waals surface area contributed by atoms with Crippen molar-refractivity contribution in [3.63, 3.8) is 0 Å². The summed E-state index contributed by atoms with van der Waals surface area (Å²) >= 11 is 0. The third-order valence-corrected chi connectivity index (χ3v) is 2.43. The number of aryl methyl sites for hydroxylation is 1. The number of carbonyl (C=O) groups is 2. The Bertz CT molecular complexity index is 414. The minimum absolute atomic E-state index is 0.136. The molecule has 1 fully saturated rings. The van der Waals surface area contributed by atoms with E-state index in [4.69, 9.17) is 0 Å². The minimum atomic E-state index is -0.455. The second-order valence-electron chi connectivity index (χ2n) is 3.74. The molecule has 0 radical (unpaired) electrons. The summed E-state index contributed by atoms with van der Waals surface area (Å²) in [6.45, 7) is 0.677. The molecule has 2 N–H and O–H groups in total. The van der Waals surface area contributed by atoms with E-state index in [1.807, 2.05) is 0 Å². The molecule has 16 heavy (non-hydrogen) atoms. The summed E-state index contributed by atoms with van der Waals surface area (Å²) in [7, 11) is 1.68. The highest BCUT2D eigenvalue weighted by molar-refractivity contribution is 5.95. The number of hydrogen-bond donors (Lipinski definition) is 2. The summed E-state index contributed by atoms with van der Waals surface area (Å²) in [5.74, 6) is -0.501. The Balaban J connectivity index is 1.99. The van der Waals surface area contributed by atoms with E-state index in [1.54, 1.807) is 7.05 Å². The van der Waals surface area contributed by atoms with Crippen molar-refractivity contribution in [2.75, 3.05) is 6.54 Å². The Labute approximate surface area is 92.2 Å². The van der Waals surface area contributed by atoms with Crippen LogP contribution in [0, 0.1) is 0 Å². The lowest BCUT2D eigenvalue weighted by atomic mass is 10.1. The van der Waals surface area contributed by atoms with Gasteiger partial charge in [-0.05, 0) is 12.8 Å². The molecule has 1 aromatic rings. The third kappa shape index (κ3) is 2.18. The molecule has 7 nitrogen and oxygen atoms in total. The van der Waals surface area contributed by atoms with Crippen molar-refractivity contribution >= 4 is 11.8 Å². The van der Waals surface area contributed by atoms with Crippen LogP contribution in [0.1, 0.15) is 23.3 Å². The van der Waals surface area contributed by atoms with E-state index < -0.39 is 6.04 Å². The Morgan fingerprint density at radius 2 is 2.50 bits per heavy atom. The van der Waals surface area contributed by atoms with Gasteiger partial charge < -0.3 is 10.6 Å². The van der Waals surface area contributed by atoms with Crippen molar-refractivity contribution in [2.45, 2.75) is 18.9 Å². The van der Waals surface area contributed by atoms with Crippen LogP contribution in [-0.4, -0.2) is 39.4 Å². The van der Waals surface area contributed by atoms with Gasteiger partial charge in [0.25, 0.3) is 5.91 Å². The maximum Gasteiger partial charge on any atom is 0.274 e. The number of piperidine rings is 1. The van der Waals surface area contributed by atoms with Gasteiger partial charge in [0.1, 0.15) is 6.04 Å². The normalized spacial score (nSPS) is 20.3. The lowest BCUT2D eigenvalue weighted by Gasteiger charge is -2.22. The molecule has 0 saturated carbocycles. The largest absolute Gasteiger partial charge is 0.354 e. The van der Waals surface area contributed by atoms with Crippen LogP contribution in [0.25, 0.3) is 0 Å². The molecule has 0 aromatic carbocycles. The van der Waals surface area contributed by atoms with Crippen LogP contribution in [-0.2, 0) is 11.8 Å². The summed E-state index contributed by atoms with van der Waals surface area (Å²) < 4.78 is 1.44. The molecule has 2 heterocycles. The highest BCUT2D eigenvalue weighted by Crippen LogP contribution is 2.04. The number of aromatic nitrogens is 3. The smallest absolute Gasteiger partial charge is 0.274 e. The van der Waals surface area contributed by atoms with Crippen molar-refractivity contribution in [3.8, 4) is 0 Å². The van der Waals surface area contributed by atoms with Gasteiger partial charge in [0.15, 0.2) is 5.69 Å². The van der Waals surface area contributed by atoms with E-state index in [1.165, 1.54) is 10.9 Å². The molecule has 1 unspecified atom stereocenters. The molecule has 1 aliphatic rings. The average molecular weight is 223 g/mol. The van der Waals surface area contributed by atoms with Gasteiger partial charge in [-0.1, -0.05) is 5.21 Å². The highest BCUT2D eigenvalue weighted by atomic mass is 16.2. The van der Waals surface area contributed by atoms with E-state index in [-0.39, 0.29) is 17.5 Å². The number of hydrogen-bond acceptors (Lipinski definition) is 4. The number of carbonyl (C=O) groups excluding carboxylic acids is 2. The minimum Gasteiger partial charge on any atom is -0.354 e. The Morgan fingerprint density at radius 3 is 3.12 bits per heavy atom. The highest BCUT2D eigenvalue weighted by Gasteiger charge is 2.24. The number of nitrogens with zero attached hydrogens (tertiary/aromatic N) is 3. The lowest BCUT2D eigenvalue weighted by Crippen LogP contribution is -2.50. The van der Waals surface area contributed by atoms with Crippen molar-refractivity contribution in [1.82, 2.24) is 25.6 Å². The van der Waals surface area contributed by atoms with Gasteiger partial charge in [0, 0.05) is 13.6 Å². The van der Waals surface area contributed by atoms with E-state index >= 15 is 0 Å². The van der Waals surface area contributed by atoms with Gasteiger partial charge in [-0.2, -0.15) is 0 Å². The maximum absolute atomic E-state index is 11.7. The van der Waals surface area contributed by atoms with Crippen LogP contribution in [0.15, 0.2) is 6.20 Å². The van der Waals surface area contributed by atoms with Crippen LogP contribution in [0.3, 0.4) is 0 Å². The Kier molecular flexibility index (Phi) is 2.84. The third-order valence-electron chi connectivity index (χ3n) is 2.43. The summed E-state index contributed by atoms with van der Waals surface area (Å²) in [4.78, 5) is 23.1. The second kappa shape index (κ2) is 4.30. The molecule has 1 atom stereocenters. The molecular formula is C9H13N5O2. The molecule has 86 valence electrons. The van der Waals surface area contributed by atoms with Crippen molar-refractivity contribution in [1.29, 1.82) is 0 Å². The number of rotatable bonds is 2. The molecule has 0 aliphatic carbocycles. The zero-order valence-corrected chi connectivity index (χ0v) is 8.93. The van der Waals surface area contributed by atoms with Crippen molar-refractivity contribution in [3.05, 3.63) is 11.9 Å². The van der Waals surface area contributed by atoms with E-state index in [0.29, 0.717) is 13.0 Å². The fourth-order valence-corrected chi connectivity index (χ4v) is 1.59. The first-order valence-corrected chi connectivity index (χ1v) is 5.12. The summed E-state index contributed by atoms with van der Waals surface area (Å²) in [5, 5.41) is 12.7. The van der Waals surface area contributed by atoms with Crippen LogP contribution < -0.4 is 10.6 Å². The van der Waals surface area contributed by atoms with Gasteiger partial charge in [-0.25, -0.2) is 0 Å². The number of amides is 2. The molecule has 2 rings (SSSR count). The van der Waals surface area contributed by atoms with Crippen LogP contribution in [0.4, 0.5) is 0 Å². The van der Waals surface area contributed by atoms with Crippen LogP contribution >= 0.6 is 0 Å². The zero-order valence-electron chi connectivity index (χ0n) is 8.93. The van der Waals surface area contributed by atoms with Crippen molar-refractivity contribution in [2.24, 2.45) is 7.05 Å². The molecule has 7 heteroatoms. The van der Waals surface area contributed by atoms with Crippen LogP contribution in [0.5, 0.6) is 0 Å². The van der Waals surface area contributed by atoms with E-state index in [0.717, 1.165) is 6.42 Å². The van der Waals surface area contributed by atoms with Gasteiger partial charge in [-0.3, -0.25) is 14.3 Å². The Morgan fingerprint density at radius 1 is 1.69 bits per heavy atom. The SMILES string of the molecule is Cn1cc(C(=O)NC2CCCNC2=O)nn1. The second-order valence-corrected chi connectivity index (χ2v) is 3.74. The Hall–Kier alpha value is -1.92. The standard InChI is InChI=1S/C9H13N5O2/c1-14-5-7(12-13-14)9(16)11-6-3-2-4-10-8(6)15/h5-6H,2-4H2,1H3,(H,10,15)(H,11,16). The predicted molar refractivity (Wildman–Crippen MR) is 54.5 cm³/mol. The first-order chi connectivity index (χ1) is 7.66. The molecule has 1 aromatic heterocycles. The summed E-state index contributed by atoms with van der Waals surface area (Å²) in [6, 6.07) is -0.455. The summed E-state index contributed by atoms with van der Waals surface area (Å²) in [6.07, 6.45) is 3.05. The average Bonchev–Trinajstić information content (AvgIpc) is 2.68. The quantitative estimate of drug-likeness (QED) is 0.660. The van der Waals surface area contributed by atoms with Gasteiger partial charge >= 0.3 is 0 Å². The monoisotopic (exact) mass is 223 g/mol. The molecule has 1 aliphatic heterocycles. The van der Waals surface area contributed by atoms with E-state index in [2.05, 4.69) is 20.9 Å². The summed E-state index contributed by atoms with van der Waals surface area (Å²) in [5.41, 5.74) is 0.223. The predicted octanol–water partition coefficient (Wildman–Crippen LogP) is -1.18. The molecule has 0 bridgehead atoms. The van der Waals surface area contributed by atoms with Crippen LogP contribution in [0.2, 0.25) is 0 Å². The lowest BCUT2D eigenvalue weighted by molar-refractivity contribution is -0.124. The fraction of sp³-hybridized carbons (Fsp3) is 0.556. The molecule has 1 saturated heterocycles. The van der Waals surface area contributed by atoms with E-state index in [9.17, 15) is 9.59 Å². The molecule has 0 spiro atoms. The maximum atomic E-state index is 11.7. The topological polar surface area (TPSA) is 88.9 Å². The molecular weight excluding hydrogens is 210 g/mol. The van der Waals surface area contributed by atoms with Gasteiger partial charge in [0.05, 0.1) is 6.20 Å². The van der Waals surface area contributed by atoms with Crippen molar-refractivity contribution < 1.29 is 9.59 Å².